The molecule has 2 N–H and O–H groups in total. The molecular weight excluding hydrogens is 328 g/mol. The van der Waals surface area contributed by atoms with Gasteiger partial charge in [0.25, 0.3) is 5.91 Å². The standard InChI is InChI=1S/C16H24N4O3S/c1-11-14(24-16(17-11)20-6-8-23-9-7-20)15(22)19-18-13(21)10-12-4-2-3-5-12/h12H,2-10H2,1H3,(H,18,21)(H,19,22). The summed E-state index contributed by atoms with van der Waals surface area (Å²) < 4.78 is 5.33. The number of ether oxygens (including phenoxy) is 1. The molecule has 0 spiro atoms. The van der Waals surface area contributed by atoms with E-state index in [0.717, 1.165) is 31.1 Å². The van der Waals surface area contributed by atoms with Crippen LogP contribution in [0.3, 0.4) is 0 Å². The molecule has 0 bridgehead atoms. The molecule has 8 heteroatoms. The monoisotopic (exact) mass is 352 g/mol. The maximum atomic E-state index is 12.3. The Kier molecular flexibility index (Phi) is 5.68. The zero-order chi connectivity index (χ0) is 16.9. The number of rotatable bonds is 4. The fraction of sp³-hybridized carbons (Fsp3) is 0.688. The molecule has 2 fully saturated rings. The number of hydrazine groups is 1. The van der Waals surface area contributed by atoms with Gasteiger partial charge in [-0.05, 0) is 25.7 Å². The predicted octanol–water partition coefficient (Wildman–Crippen LogP) is 1.63. The molecule has 0 unspecified atom stereocenters. The smallest absolute Gasteiger partial charge is 0.281 e. The van der Waals surface area contributed by atoms with E-state index in [1.165, 1.54) is 24.2 Å². The molecule has 132 valence electrons. The molecule has 0 atom stereocenters. The summed E-state index contributed by atoms with van der Waals surface area (Å²) in [5.74, 6) is 0.0371. The number of morpholine rings is 1. The van der Waals surface area contributed by atoms with E-state index in [2.05, 4.69) is 20.7 Å². The Morgan fingerprint density at radius 1 is 1.25 bits per heavy atom. The van der Waals surface area contributed by atoms with Crippen molar-refractivity contribution < 1.29 is 14.3 Å². The first-order valence-corrected chi connectivity index (χ1v) is 9.34. The lowest BCUT2D eigenvalue weighted by Crippen LogP contribution is -2.42. The first-order valence-electron chi connectivity index (χ1n) is 8.53. The zero-order valence-corrected chi connectivity index (χ0v) is 14.8. The highest BCUT2D eigenvalue weighted by molar-refractivity contribution is 7.17. The van der Waals surface area contributed by atoms with Crippen molar-refractivity contribution in [1.29, 1.82) is 0 Å². The Labute approximate surface area is 145 Å². The minimum absolute atomic E-state index is 0.120. The summed E-state index contributed by atoms with van der Waals surface area (Å²) in [4.78, 5) is 31.4. The second-order valence-electron chi connectivity index (χ2n) is 6.37. The average molecular weight is 352 g/mol. The van der Waals surface area contributed by atoms with Crippen LogP contribution in [0.1, 0.15) is 47.5 Å². The summed E-state index contributed by atoms with van der Waals surface area (Å²) in [5, 5.41) is 0.832. The molecule has 2 aliphatic rings. The summed E-state index contributed by atoms with van der Waals surface area (Å²) in [7, 11) is 0. The van der Waals surface area contributed by atoms with Crippen LogP contribution in [0.25, 0.3) is 0 Å². The van der Waals surface area contributed by atoms with E-state index in [0.29, 0.717) is 36.1 Å². The molecule has 1 aromatic rings. The molecule has 1 saturated carbocycles. The van der Waals surface area contributed by atoms with E-state index < -0.39 is 0 Å². The second-order valence-corrected chi connectivity index (χ2v) is 7.34. The van der Waals surface area contributed by atoms with E-state index in [1.807, 2.05) is 6.92 Å². The average Bonchev–Trinajstić information content (AvgIpc) is 3.23. The Morgan fingerprint density at radius 3 is 2.67 bits per heavy atom. The third-order valence-electron chi connectivity index (χ3n) is 4.54. The summed E-state index contributed by atoms with van der Waals surface area (Å²) >= 11 is 1.35. The predicted molar refractivity (Wildman–Crippen MR) is 92.1 cm³/mol. The maximum absolute atomic E-state index is 12.3. The van der Waals surface area contributed by atoms with Crippen molar-refractivity contribution in [2.45, 2.75) is 39.0 Å². The van der Waals surface area contributed by atoms with E-state index in [9.17, 15) is 9.59 Å². The van der Waals surface area contributed by atoms with Gasteiger partial charge in [0.2, 0.25) is 5.91 Å². The highest BCUT2D eigenvalue weighted by Crippen LogP contribution is 2.28. The third kappa shape index (κ3) is 4.24. The number of hydrogen-bond acceptors (Lipinski definition) is 6. The largest absolute Gasteiger partial charge is 0.378 e. The number of hydrogen-bond donors (Lipinski definition) is 2. The van der Waals surface area contributed by atoms with Gasteiger partial charge < -0.3 is 9.64 Å². The number of carbonyl (C=O) groups excluding carboxylic acids is 2. The molecule has 1 saturated heterocycles. The topological polar surface area (TPSA) is 83.6 Å². The van der Waals surface area contributed by atoms with Gasteiger partial charge in [-0.15, -0.1) is 0 Å². The zero-order valence-electron chi connectivity index (χ0n) is 14.0. The Hall–Kier alpha value is -1.67. The highest BCUT2D eigenvalue weighted by atomic mass is 32.1. The molecule has 1 aromatic heterocycles. The van der Waals surface area contributed by atoms with Crippen LogP contribution in [0.5, 0.6) is 0 Å². The third-order valence-corrected chi connectivity index (χ3v) is 5.75. The van der Waals surface area contributed by atoms with Crippen LogP contribution in [0, 0.1) is 12.8 Å². The van der Waals surface area contributed by atoms with Crippen LogP contribution in [0.2, 0.25) is 0 Å². The van der Waals surface area contributed by atoms with Gasteiger partial charge in [0.15, 0.2) is 5.13 Å². The number of anilines is 1. The van der Waals surface area contributed by atoms with Gasteiger partial charge >= 0.3 is 0 Å². The van der Waals surface area contributed by atoms with Gasteiger partial charge in [0.05, 0.1) is 18.9 Å². The molecule has 2 heterocycles. The first-order chi connectivity index (χ1) is 11.6. The van der Waals surface area contributed by atoms with E-state index in [1.54, 1.807) is 0 Å². The molecule has 1 aliphatic heterocycles. The number of nitrogens with zero attached hydrogens (tertiary/aromatic N) is 2. The van der Waals surface area contributed by atoms with Crippen molar-refractivity contribution in [1.82, 2.24) is 15.8 Å². The normalized spacial score (nSPS) is 18.6. The quantitative estimate of drug-likeness (QED) is 0.805. The molecule has 2 amide bonds. The molecule has 3 rings (SSSR count). The lowest BCUT2D eigenvalue weighted by molar-refractivity contribution is -0.122. The maximum Gasteiger partial charge on any atom is 0.281 e. The van der Waals surface area contributed by atoms with Crippen LogP contribution in [-0.4, -0.2) is 43.1 Å². The van der Waals surface area contributed by atoms with Crippen molar-refractivity contribution >= 4 is 28.3 Å². The van der Waals surface area contributed by atoms with Crippen LogP contribution < -0.4 is 15.8 Å². The van der Waals surface area contributed by atoms with Gasteiger partial charge in [-0.2, -0.15) is 0 Å². The number of aromatic nitrogens is 1. The van der Waals surface area contributed by atoms with Crippen molar-refractivity contribution in [3.05, 3.63) is 10.6 Å². The van der Waals surface area contributed by atoms with Gasteiger partial charge in [-0.25, -0.2) is 4.98 Å². The molecule has 7 nitrogen and oxygen atoms in total. The summed E-state index contributed by atoms with van der Waals surface area (Å²) in [6.45, 7) is 4.74. The molecular formula is C16H24N4O3S. The molecule has 0 radical (unpaired) electrons. The van der Waals surface area contributed by atoms with E-state index in [-0.39, 0.29) is 11.8 Å². The Morgan fingerprint density at radius 2 is 1.96 bits per heavy atom. The van der Waals surface area contributed by atoms with Gasteiger partial charge in [-0.1, -0.05) is 24.2 Å². The van der Waals surface area contributed by atoms with E-state index in [4.69, 9.17) is 4.74 Å². The molecule has 24 heavy (non-hydrogen) atoms. The van der Waals surface area contributed by atoms with Crippen molar-refractivity contribution in [2.75, 3.05) is 31.2 Å². The second kappa shape index (κ2) is 7.94. The highest BCUT2D eigenvalue weighted by Gasteiger charge is 2.22. The van der Waals surface area contributed by atoms with Gasteiger partial charge in [0, 0.05) is 19.5 Å². The summed E-state index contributed by atoms with van der Waals surface area (Å²) in [6.07, 6.45) is 5.11. The van der Waals surface area contributed by atoms with Crippen LogP contribution >= 0.6 is 11.3 Å². The van der Waals surface area contributed by atoms with Crippen molar-refractivity contribution in [3.8, 4) is 0 Å². The molecule has 1 aliphatic carbocycles. The number of nitrogens with one attached hydrogen (secondary N) is 2. The van der Waals surface area contributed by atoms with Crippen molar-refractivity contribution in [2.24, 2.45) is 5.92 Å². The fourth-order valence-corrected chi connectivity index (χ4v) is 4.21. The summed E-state index contributed by atoms with van der Waals surface area (Å²) in [6, 6.07) is 0. The van der Waals surface area contributed by atoms with E-state index >= 15 is 0 Å². The van der Waals surface area contributed by atoms with Crippen LogP contribution in [0.15, 0.2) is 0 Å². The minimum Gasteiger partial charge on any atom is -0.378 e. The number of thiazole rings is 1. The van der Waals surface area contributed by atoms with Crippen molar-refractivity contribution in [3.63, 3.8) is 0 Å². The number of carbonyl (C=O) groups is 2. The Bertz CT molecular complexity index is 592. The first kappa shape index (κ1) is 17.2. The fourth-order valence-electron chi connectivity index (χ4n) is 3.19. The van der Waals surface area contributed by atoms with Gasteiger partial charge in [0.1, 0.15) is 4.88 Å². The SMILES string of the molecule is Cc1nc(N2CCOCC2)sc1C(=O)NNC(=O)CC1CCCC1. The lowest BCUT2D eigenvalue weighted by Gasteiger charge is -2.25. The molecule has 0 aromatic carbocycles. The number of aryl methyl sites for hydroxylation is 1. The lowest BCUT2D eigenvalue weighted by atomic mass is 10.0. The van der Waals surface area contributed by atoms with Gasteiger partial charge in [-0.3, -0.25) is 20.4 Å². The summed E-state index contributed by atoms with van der Waals surface area (Å²) in [5.41, 5.74) is 5.73. The van der Waals surface area contributed by atoms with Crippen LogP contribution in [0.4, 0.5) is 5.13 Å². The number of amides is 2. The Balaban J connectivity index is 1.52. The minimum atomic E-state index is -0.302. The van der Waals surface area contributed by atoms with Crippen LogP contribution in [-0.2, 0) is 9.53 Å².